The van der Waals surface area contributed by atoms with Crippen LogP contribution in [0, 0.1) is 5.92 Å². The molecule has 0 aromatic heterocycles. The highest BCUT2D eigenvalue weighted by molar-refractivity contribution is 4.92. The van der Waals surface area contributed by atoms with E-state index < -0.39 is 0 Å². The number of nitrogens with two attached hydrogens (primary N) is 1. The van der Waals surface area contributed by atoms with Crippen LogP contribution in [0.15, 0.2) is 0 Å². The molecule has 0 saturated carbocycles. The summed E-state index contributed by atoms with van der Waals surface area (Å²) in [5.41, 5.74) is 6.19. The van der Waals surface area contributed by atoms with E-state index in [-0.39, 0.29) is 5.54 Å². The summed E-state index contributed by atoms with van der Waals surface area (Å²) in [5, 5.41) is 0. The average Bonchev–Trinajstić information content (AvgIpc) is 2.01. The van der Waals surface area contributed by atoms with Crippen LogP contribution in [0.5, 0.6) is 0 Å². The summed E-state index contributed by atoms with van der Waals surface area (Å²) in [4.78, 5) is 2.59. The van der Waals surface area contributed by atoms with Crippen molar-refractivity contribution in [1.82, 2.24) is 4.90 Å². The zero-order valence-electron chi connectivity index (χ0n) is 10.2. The van der Waals surface area contributed by atoms with Crippen LogP contribution in [0.25, 0.3) is 0 Å². The standard InChI is InChI=1S/C12H26N2/c1-10(2)9-14-8-6-5-7-11(14)12(3,4)13/h10-11H,5-9,13H2,1-4H3/t11-/m0/s1. The molecule has 2 heteroatoms. The van der Waals surface area contributed by atoms with E-state index in [1.54, 1.807) is 0 Å². The molecule has 0 aromatic carbocycles. The first-order chi connectivity index (χ1) is 6.41. The number of rotatable bonds is 3. The molecule has 14 heavy (non-hydrogen) atoms. The van der Waals surface area contributed by atoms with Crippen LogP contribution in [0.1, 0.15) is 47.0 Å². The molecule has 0 spiro atoms. The number of piperidine rings is 1. The van der Waals surface area contributed by atoms with E-state index >= 15 is 0 Å². The second-order valence-electron chi connectivity index (χ2n) is 5.72. The Hall–Kier alpha value is -0.0800. The Bertz CT molecular complexity index is 170. The largest absolute Gasteiger partial charge is 0.324 e. The van der Waals surface area contributed by atoms with Gasteiger partial charge in [0, 0.05) is 18.1 Å². The molecule has 1 aliphatic rings. The molecular weight excluding hydrogens is 172 g/mol. The molecular formula is C12H26N2. The van der Waals surface area contributed by atoms with Gasteiger partial charge in [0.05, 0.1) is 0 Å². The monoisotopic (exact) mass is 198 g/mol. The number of hydrogen-bond acceptors (Lipinski definition) is 2. The first-order valence-electron chi connectivity index (χ1n) is 5.94. The van der Waals surface area contributed by atoms with Crippen molar-refractivity contribution in [1.29, 1.82) is 0 Å². The molecule has 0 aromatic rings. The molecule has 1 rings (SSSR count). The summed E-state index contributed by atoms with van der Waals surface area (Å²) in [5.74, 6) is 0.748. The van der Waals surface area contributed by atoms with Crippen molar-refractivity contribution in [2.24, 2.45) is 11.7 Å². The summed E-state index contributed by atoms with van der Waals surface area (Å²) < 4.78 is 0. The van der Waals surface area contributed by atoms with E-state index in [4.69, 9.17) is 5.73 Å². The maximum absolute atomic E-state index is 6.23. The lowest BCUT2D eigenvalue weighted by atomic mass is 9.86. The Morgan fingerprint density at radius 1 is 1.36 bits per heavy atom. The topological polar surface area (TPSA) is 29.3 Å². The van der Waals surface area contributed by atoms with Crippen LogP contribution in [0.4, 0.5) is 0 Å². The minimum atomic E-state index is -0.0463. The van der Waals surface area contributed by atoms with E-state index in [0.29, 0.717) is 6.04 Å². The van der Waals surface area contributed by atoms with Gasteiger partial charge in [0.2, 0.25) is 0 Å². The van der Waals surface area contributed by atoms with Crippen molar-refractivity contribution in [2.75, 3.05) is 13.1 Å². The summed E-state index contributed by atoms with van der Waals surface area (Å²) >= 11 is 0. The smallest absolute Gasteiger partial charge is 0.0270 e. The maximum Gasteiger partial charge on any atom is 0.0270 e. The maximum atomic E-state index is 6.23. The highest BCUT2D eigenvalue weighted by atomic mass is 15.2. The van der Waals surface area contributed by atoms with E-state index in [1.165, 1.54) is 32.4 Å². The van der Waals surface area contributed by atoms with Gasteiger partial charge in [-0.2, -0.15) is 0 Å². The molecule has 1 atom stereocenters. The van der Waals surface area contributed by atoms with Crippen LogP contribution in [-0.2, 0) is 0 Å². The molecule has 1 heterocycles. The summed E-state index contributed by atoms with van der Waals surface area (Å²) in [6.45, 7) is 11.3. The fourth-order valence-electron chi connectivity index (χ4n) is 2.52. The van der Waals surface area contributed by atoms with Gasteiger partial charge in [0.25, 0.3) is 0 Å². The first kappa shape index (κ1) is 12.0. The fourth-order valence-corrected chi connectivity index (χ4v) is 2.52. The normalized spacial score (nSPS) is 25.7. The van der Waals surface area contributed by atoms with Crippen molar-refractivity contribution in [3.63, 3.8) is 0 Å². The lowest BCUT2D eigenvalue weighted by Gasteiger charge is -2.44. The fraction of sp³-hybridized carbons (Fsp3) is 1.00. The molecule has 1 fully saturated rings. The van der Waals surface area contributed by atoms with Gasteiger partial charge in [-0.3, -0.25) is 4.90 Å². The van der Waals surface area contributed by atoms with Crippen LogP contribution in [0.2, 0.25) is 0 Å². The van der Waals surface area contributed by atoms with E-state index in [2.05, 4.69) is 32.6 Å². The third-order valence-electron chi connectivity index (χ3n) is 3.07. The third-order valence-corrected chi connectivity index (χ3v) is 3.07. The van der Waals surface area contributed by atoms with Crippen LogP contribution < -0.4 is 5.73 Å². The molecule has 2 nitrogen and oxygen atoms in total. The van der Waals surface area contributed by atoms with Crippen molar-refractivity contribution >= 4 is 0 Å². The molecule has 2 N–H and O–H groups in total. The molecule has 84 valence electrons. The lowest BCUT2D eigenvalue weighted by Crippen LogP contribution is -2.57. The summed E-state index contributed by atoms with van der Waals surface area (Å²) in [7, 11) is 0. The van der Waals surface area contributed by atoms with E-state index in [1.807, 2.05) is 0 Å². The molecule has 0 radical (unpaired) electrons. The predicted molar refractivity (Wildman–Crippen MR) is 62.3 cm³/mol. The molecule has 1 aliphatic heterocycles. The zero-order valence-corrected chi connectivity index (χ0v) is 10.2. The minimum absolute atomic E-state index is 0.0463. The van der Waals surface area contributed by atoms with Gasteiger partial charge < -0.3 is 5.73 Å². The van der Waals surface area contributed by atoms with Crippen molar-refractivity contribution in [3.05, 3.63) is 0 Å². The highest BCUT2D eigenvalue weighted by Gasteiger charge is 2.32. The van der Waals surface area contributed by atoms with Crippen LogP contribution in [0.3, 0.4) is 0 Å². The van der Waals surface area contributed by atoms with Gasteiger partial charge in [-0.05, 0) is 39.2 Å². The van der Waals surface area contributed by atoms with Crippen molar-refractivity contribution in [3.8, 4) is 0 Å². The number of hydrogen-bond donors (Lipinski definition) is 1. The predicted octanol–water partition coefficient (Wildman–Crippen LogP) is 2.23. The van der Waals surface area contributed by atoms with Crippen LogP contribution in [-0.4, -0.2) is 29.6 Å². The minimum Gasteiger partial charge on any atom is -0.324 e. The molecule has 0 aliphatic carbocycles. The zero-order chi connectivity index (χ0) is 10.8. The average molecular weight is 198 g/mol. The Kier molecular flexibility index (Phi) is 3.96. The van der Waals surface area contributed by atoms with E-state index in [9.17, 15) is 0 Å². The molecule has 1 saturated heterocycles. The third kappa shape index (κ3) is 3.25. The first-order valence-corrected chi connectivity index (χ1v) is 5.94. The quantitative estimate of drug-likeness (QED) is 0.753. The summed E-state index contributed by atoms with van der Waals surface area (Å²) in [6.07, 6.45) is 3.97. The van der Waals surface area contributed by atoms with Gasteiger partial charge >= 0.3 is 0 Å². The SMILES string of the molecule is CC(C)CN1CCCC[C@H]1C(C)(C)N. The van der Waals surface area contributed by atoms with E-state index in [0.717, 1.165) is 5.92 Å². The molecule has 0 amide bonds. The molecule has 0 unspecified atom stereocenters. The van der Waals surface area contributed by atoms with Gasteiger partial charge in [0.15, 0.2) is 0 Å². The Labute approximate surface area is 88.8 Å². The Morgan fingerprint density at radius 2 is 2.00 bits per heavy atom. The lowest BCUT2D eigenvalue weighted by molar-refractivity contribution is 0.0845. The number of likely N-dealkylation sites (tertiary alicyclic amines) is 1. The van der Waals surface area contributed by atoms with Gasteiger partial charge in [-0.1, -0.05) is 20.3 Å². The van der Waals surface area contributed by atoms with Crippen molar-refractivity contribution in [2.45, 2.75) is 58.5 Å². The van der Waals surface area contributed by atoms with Crippen molar-refractivity contribution < 1.29 is 0 Å². The van der Waals surface area contributed by atoms with Gasteiger partial charge in [-0.15, -0.1) is 0 Å². The number of nitrogens with zero attached hydrogens (tertiary/aromatic N) is 1. The summed E-state index contributed by atoms with van der Waals surface area (Å²) in [6, 6.07) is 0.582. The van der Waals surface area contributed by atoms with Gasteiger partial charge in [-0.25, -0.2) is 0 Å². The second-order valence-corrected chi connectivity index (χ2v) is 5.72. The molecule has 0 bridgehead atoms. The second kappa shape index (κ2) is 4.63. The van der Waals surface area contributed by atoms with Crippen LogP contribution >= 0.6 is 0 Å². The highest BCUT2D eigenvalue weighted by Crippen LogP contribution is 2.25. The van der Waals surface area contributed by atoms with Gasteiger partial charge in [0.1, 0.15) is 0 Å². The Balaban J connectivity index is 2.59. The Morgan fingerprint density at radius 3 is 2.50 bits per heavy atom.